The van der Waals surface area contributed by atoms with Gasteiger partial charge in [-0.1, -0.05) is 4.98 Å². The zero-order valence-electron chi connectivity index (χ0n) is 14.5. The first-order valence-corrected chi connectivity index (χ1v) is 9.56. The number of ether oxygens (including phenoxy) is 1. The minimum Gasteiger partial charge on any atom is -0.856 e. The normalized spacial score (nSPS) is 26.0. The SMILES string of the molecule is CCNc1nc([O-])c2c(n1)[n+]([C@@H]1O[C@H](COP(=O)(O)O)[C@@H](O)[C@H]1O)cn2C. The number of aliphatic hydroxyl groups excluding tert-OH is 2. The Balaban J connectivity index is 1.95. The van der Waals surface area contributed by atoms with Crippen molar-refractivity contribution in [3.8, 4) is 5.88 Å². The van der Waals surface area contributed by atoms with Gasteiger partial charge in [0, 0.05) is 12.4 Å². The van der Waals surface area contributed by atoms with E-state index in [0.29, 0.717) is 6.54 Å². The molecule has 0 radical (unpaired) electrons. The average molecular weight is 405 g/mol. The number of rotatable bonds is 6. The Kier molecular flexibility index (Phi) is 5.36. The summed E-state index contributed by atoms with van der Waals surface area (Å²) in [5.74, 6) is -0.434. The zero-order chi connectivity index (χ0) is 19.9. The van der Waals surface area contributed by atoms with Crippen LogP contribution in [0.4, 0.5) is 5.95 Å². The van der Waals surface area contributed by atoms with E-state index in [2.05, 4.69) is 19.8 Å². The monoisotopic (exact) mass is 405 g/mol. The molecule has 4 atom stereocenters. The van der Waals surface area contributed by atoms with Crippen molar-refractivity contribution in [1.29, 1.82) is 0 Å². The van der Waals surface area contributed by atoms with Gasteiger partial charge in [-0.25, -0.2) is 14.1 Å². The second-order valence-electron chi connectivity index (χ2n) is 6.02. The van der Waals surface area contributed by atoms with Gasteiger partial charge in [-0.2, -0.15) is 0 Å². The molecule has 2 aromatic heterocycles. The van der Waals surface area contributed by atoms with E-state index in [4.69, 9.17) is 14.5 Å². The van der Waals surface area contributed by atoms with E-state index in [1.165, 1.54) is 15.5 Å². The molecular weight excluding hydrogens is 385 g/mol. The first-order chi connectivity index (χ1) is 12.6. The van der Waals surface area contributed by atoms with Crippen molar-refractivity contribution in [3.05, 3.63) is 6.33 Å². The summed E-state index contributed by atoms with van der Waals surface area (Å²) in [5, 5.41) is 35.5. The third-order valence-corrected chi connectivity index (χ3v) is 4.57. The third kappa shape index (κ3) is 3.89. The van der Waals surface area contributed by atoms with E-state index in [1.54, 1.807) is 7.05 Å². The highest BCUT2D eigenvalue weighted by Gasteiger charge is 2.47. The Hall–Kier alpha value is -1.86. The first-order valence-electron chi connectivity index (χ1n) is 8.03. The summed E-state index contributed by atoms with van der Waals surface area (Å²) in [6, 6.07) is 0. The number of imidazole rings is 1. The predicted octanol–water partition coefficient (Wildman–Crippen LogP) is -2.51. The molecule has 0 aromatic carbocycles. The molecule has 3 heterocycles. The molecule has 13 nitrogen and oxygen atoms in total. The van der Waals surface area contributed by atoms with Crippen LogP contribution in [0.2, 0.25) is 0 Å². The molecule has 5 N–H and O–H groups in total. The molecule has 1 fully saturated rings. The van der Waals surface area contributed by atoms with Crippen molar-refractivity contribution in [2.75, 3.05) is 18.5 Å². The fourth-order valence-electron chi connectivity index (χ4n) is 2.90. The van der Waals surface area contributed by atoms with Gasteiger partial charge in [0.25, 0.3) is 5.95 Å². The number of phosphoric ester groups is 1. The smallest absolute Gasteiger partial charge is 0.469 e. The Labute approximate surface area is 153 Å². The van der Waals surface area contributed by atoms with E-state index in [1.807, 2.05) is 6.92 Å². The summed E-state index contributed by atoms with van der Waals surface area (Å²) in [6.07, 6.45) is -3.81. The van der Waals surface area contributed by atoms with Crippen molar-refractivity contribution in [2.45, 2.75) is 31.5 Å². The lowest BCUT2D eigenvalue weighted by Crippen LogP contribution is -2.46. The number of hydrogen-bond acceptors (Lipinski definition) is 9. The molecule has 2 aromatic rings. The summed E-state index contributed by atoms with van der Waals surface area (Å²) in [7, 11) is -3.18. The van der Waals surface area contributed by atoms with Crippen molar-refractivity contribution in [3.63, 3.8) is 0 Å². The van der Waals surface area contributed by atoms with Crippen LogP contribution in [-0.4, -0.2) is 66.0 Å². The molecule has 150 valence electrons. The molecule has 0 aliphatic carbocycles. The van der Waals surface area contributed by atoms with Gasteiger partial charge >= 0.3 is 13.5 Å². The number of phosphoric acid groups is 1. The van der Waals surface area contributed by atoms with Crippen molar-refractivity contribution >= 4 is 24.9 Å². The molecule has 1 aliphatic heterocycles. The zero-order valence-corrected chi connectivity index (χ0v) is 15.4. The van der Waals surface area contributed by atoms with Gasteiger partial charge in [-0.15, -0.1) is 0 Å². The standard InChI is InChI=1S/C13H20N5O8P/c1-3-14-13-15-10-7(11(21)16-13)17(2)5-18(10)12-9(20)8(19)6(26-12)4-25-27(22,23)24/h5-6,8-9,12,19-20H,3-4H2,1-2H3,(H3-,14,15,16,21,22,23,24)/t6-,8-,9-,12-/m1/s1. The second kappa shape index (κ2) is 7.28. The molecule has 14 heteroatoms. The minimum atomic E-state index is -4.77. The number of nitrogens with zero attached hydrogens (tertiary/aromatic N) is 4. The highest BCUT2D eigenvalue weighted by molar-refractivity contribution is 7.46. The summed E-state index contributed by atoms with van der Waals surface area (Å²) in [6.45, 7) is 1.67. The van der Waals surface area contributed by atoms with Gasteiger partial charge in [0.2, 0.25) is 6.23 Å². The average Bonchev–Trinajstić information content (AvgIpc) is 3.04. The lowest BCUT2D eigenvalue weighted by atomic mass is 10.1. The Morgan fingerprint density at radius 2 is 2.11 bits per heavy atom. The van der Waals surface area contributed by atoms with Crippen LogP contribution < -0.4 is 15.0 Å². The number of fused-ring (bicyclic) bond motifs is 1. The van der Waals surface area contributed by atoms with Gasteiger partial charge in [0.15, 0.2) is 11.8 Å². The maximum Gasteiger partial charge on any atom is 0.469 e. The lowest BCUT2D eigenvalue weighted by Gasteiger charge is -2.14. The maximum absolute atomic E-state index is 12.3. The van der Waals surface area contributed by atoms with Crippen LogP contribution in [0, 0.1) is 0 Å². The van der Waals surface area contributed by atoms with Crippen molar-refractivity contribution < 1.29 is 43.5 Å². The number of nitrogens with one attached hydrogen (secondary N) is 1. The van der Waals surface area contributed by atoms with E-state index >= 15 is 0 Å². The van der Waals surface area contributed by atoms with E-state index in [-0.39, 0.29) is 17.1 Å². The summed E-state index contributed by atoms with van der Waals surface area (Å²) in [5.41, 5.74) is 0.332. The van der Waals surface area contributed by atoms with Crippen LogP contribution in [-0.2, 0) is 20.9 Å². The van der Waals surface area contributed by atoms with Crippen LogP contribution in [0.1, 0.15) is 13.2 Å². The number of anilines is 1. The van der Waals surface area contributed by atoms with E-state index in [9.17, 15) is 19.9 Å². The van der Waals surface area contributed by atoms with Crippen LogP contribution in [0.25, 0.3) is 11.2 Å². The van der Waals surface area contributed by atoms with Gasteiger partial charge in [-0.3, -0.25) is 9.09 Å². The quantitative estimate of drug-likeness (QED) is 0.252. The molecule has 0 spiro atoms. The van der Waals surface area contributed by atoms with Crippen molar-refractivity contribution in [1.82, 2.24) is 14.5 Å². The number of aryl methyl sites for hydroxylation is 1. The third-order valence-electron chi connectivity index (χ3n) is 4.08. The van der Waals surface area contributed by atoms with Crippen molar-refractivity contribution in [2.24, 2.45) is 7.05 Å². The lowest BCUT2D eigenvalue weighted by molar-refractivity contribution is -0.745. The highest BCUT2D eigenvalue weighted by Crippen LogP contribution is 2.38. The number of hydrogen-bond donors (Lipinski definition) is 5. The van der Waals surface area contributed by atoms with Gasteiger partial charge in [-0.05, 0) is 6.92 Å². The summed E-state index contributed by atoms with van der Waals surface area (Å²) < 4.78 is 23.5. The Bertz CT molecular complexity index is 885. The van der Waals surface area contributed by atoms with Crippen LogP contribution in [0.5, 0.6) is 5.88 Å². The molecule has 1 aliphatic rings. The maximum atomic E-state index is 12.3. The Morgan fingerprint density at radius 3 is 2.74 bits per heavy atom. The molecule has 3 rings (SSSR count). The molecule has 27 heavy (non-hydrogen) atoms. The molecule has 0 bridgehead atoms. The largest absolute Gasteiger partial charge is 0.856 e. The van der Waals surface area contributed by atoms with E-state index < -0.39 is 44.8 Å². The highest BCUT2D eigenvalue weighted by atomic mass is 31.2. The molecular formula is C13H20N5O8P. The van der Waals surface area contributed by atoms with E-state index in [0.717, 1.165) is 0 Å². The molecule has 1 saturated heterocycles. The summed E-state index contributed by atoms with van der Waals surface area (Å²) in [4.78, 5) is 25.7. The van der Waals surface area contributed by atoms with Gasteiger partial charge in [0.05, 0.1) is 13.7 Å². The first kappa shape index (κ1) is 19.9. The Morgan fingerprint density at radius 1 is 1.41 bits per heavy atom. The second-order valence-corrected chi connectivity index (χ2v) is 7.26. The van der Waals surface area contributed by atoms with Crippen LogP contribution in [0.3, 0.4) is 0 Å². The number of aliphatic hydroxyl groups is 2. The van der Waals surface area contributed by atoms with Crippen LogP contribution >= 0.6 is 7.82 Å². The number of aromatic nitrogens is 4. The minimum absolute atomic E-state index is 0.101. The molecule has 0 saturated carbocycles. The fraction of sp³-hybridized carbons (Fsp3) is 0.615. The molecule has 0 amide bonds. The molecule has 0 unspecified atom stereocenters. The van der Waals surface area contributed by atoms with Gasteiger partial charge in [0.1, 0.15) is 18.3 Å². The van der Waals surface area contributed by atoms with Crippen LogP contribution in [0.15, 0.2) is 6.33 Å². The fourth-order valence-corrected chi connectivity index (χ4v) is 3.24. The summed E-state index contributed by atoms with van der Waals surface area (Å²) >= 11 is 0. The van der Waals surface area contributed by atoms with Gasteiger partial charge < -0.3 is 35.2 Å². The predicted molar refractivity (Wildman–Crippen MR) is 86.2 cm³/mol. The topological polar surface area (TPSA) is 186 Å².